The molecule has 0 aromatic carbocycles. The van der Waals surface area contributed by atoms with Gasteiger partial charge in [-0.25, -0.2) is 9.59 Å². The molecule has 2 aliphatic rings. The maximum absolute atomic E-state index is 12.6. The molecule has 1 unspecified atom stereocenters. The third-order valence-corrected chi connectivity index (χ3v) is 9.61. The van der Waals surface area contributed by atoms with Crippen LogP contribution < -0.4 is 0 Å². The molecule has 230 valence electrons. The van der Waals surface area contributed by atoms with Gasteiger partial charge in [-0.3, -0.25) is 0 Å². The lowest BCUT2D eigenvalue weighted by Gasteiger charge is -2.38. The molecule has 2 fully saturated rings. The van der Waals surface area contributed by atoms with Crippen LogP contribution in [0.3, 0.4) is 0 Å². The summed E-state index contributed by atoms with van der Waals surface area (Å²) in [5.74, 6) is 2.01. The van der Waals surface area contributed by atoms with Crippen molar-refractivity contribution in [2.45, 2.75) is 117 Å². The topological polar surface area (TPSA) is 93.1 Å². The summed E-state index contributed by atoms with van der Waals surface area (Å²) in [7, 11) is 0. The van der Waals surface area contributed by atoms with Crippen molar-refractivity contribution < 1.29 is 29.3 Å². The first-order chi connectivity index (χ1) is 19.1. The first-order valence-corrected chi connectivity index (χ1v) is 16.0. The number of aliphatic hydroxyl groups excluding tert-OH is 2. The van der Waals surface area contributed by atoms with Crippen LogP contribution in [0.4, 0.5) is 0 Å². The van der Waals surface area contributed by atoms with Gasteiger partial charge in [0.05, 0.1) is 0 Å². The maximum Gasteiger partial charge on any atom is 0.333 e. The molecular formula is C34H58O6. The fraction of sp³-hybridized carbons (Fsp3) is 0.824. The zero-order valence-corrected chi connectivity index (χ0v) is 25.8. The predicted octanol–water partition coefficient (Wildman–Crippen LogP) is 7.18. The molecule has 1 atom stereocenters. The SMILES string of the molecule is C=C(C)C(=O)OCC(C)(CCC1CCC(C2CCC(CCCCC)CC2)CC1)COC(=O)C(=C)CC(CO)CO. The highest BCUT2D eigenvalue weighted by atomic mass is 16.5. The molecule has 0 aliphatic heterocycles. The molecule has 6 heteroatoms. The smallest absolute Gasteiger partial charge is 0.333 e. The average molecular weight is 563 g/mol. The fourth-order valence-electron chi connectivity index (χ4n) is 6.64. The van der Waals surface area contributed by atoms with Gasteiger partial charge in [0.15, 0.2) is 0 Å². The molecule has 0 spiro atoms. The van der Waals surface area contributed by atoms with Crippen LogP contribution in [-0.4, -0.2) is 48.6 Å². The first-order valence-electron chi connectivity index (χ1n) is 16.0. The van der Waals surface area contributed by atoms with Gasteiger partial charge < -0.3 is 19.7 Å². The van der Waals surface area contributed by atoms with Crippen LogP contribution in [0.2, 0.25) is 0 Å². The summed E-state index contributed by atoms with van der Waals surface area (Å²) in [5, 5.41) is 18.6. The number of hydrogen-bond acceptors (Lipinski definition) is 6. The molecule has 0 saturated heterocycles. The van der Waals surface area contributed by atoms with E-state index in [1.54, 1.807) is 6.92 Å². The van der Waals surface area contributed by atoms with Crippen LogP contribution in [-0.2, 0) is 19.1 Å². The Morgan fingerprint density at radius 2 is 1.32 bits per heavy atom. The normalized spacial score (nSPS) is 24.8. The molecule has 0 bridgehead atoms. The zero-order valence-electron chi connectivity index (χ0n) is 25.8. The molecule has 0 amide bonds. The van der Waals surface area contributed by atoms with E-state index in [4.69, 9.17) is 9.47 Å². The van der Waals surface area contributed by atoms with Gasteiger partial charge in [-0.2, -0.15) is 0 Å². The summed E-state index contributed by atoms with van der Waals surface area (Å²) in [6.45, 7) is 13.2. The molecule has 0 aromatic rings. The van der Waals surface area contributed by atoms with Crippen LogP contribution in [0.15, 0.2) is 24.3 Å². The van der Waals surface area contributed by atoms with E-state index in [1.807, 2.05) is 6.92 Å². The number of carbonyl (C=O) groups excluding carboxylic acids is 2. The molecule has 40 heavy (non-hydrogen) atoms. The van der Waals surface area contributed by atoms with Gasteiger partial charge in [0.2, 0.25) is 0 Å². The molecule has 0 radical (unpaired) electrons. The fourth-order valence-corrected chi connectivity index (χ4v) is 6.64. The average Bonchev–Trinajstić information content (AvgIpc) is 2.97. The van der Waals surface area contributed by atoms with Crippen molar-refractivity contribution in [1.29, 1.82) is 0 Å². The molecule has 6 nitrogen and oxygen atoms in total. The van der Waals surface area contributed by atoms with Crippen LogP contribution in [0.25, 0.3) is 0 Å². The number of ether oxygens (including phenoxy) is 2. The van der Waals surface area contributed by atoms with Crippen molar-refractivity contribution in [2.75, 3.05) is 26.4 Å². The standard InChI is InChI=1S/C34H58O6/c1-6-7-8-9-27-10-14-30(15-11-27)31-16-12-28(13-17-31)18-19-34(5,23-39-32(37)25(2)3)24-40-33(38)26(4)20-29(21-35)22-36/h27-31,35-36H,2,4,6-24H2,1,3,5H3. The lowest BCUT2D eigenvalue weighted by molar-refractivity contribution is -0.149. The van der Waals surface area contributed by atoms with Crippen molar-refractivity contribution in [1.82, 2.24) is 0 Å². The number of esters is 2. The van der Waals surface area contributed by atoms with Gasteiger partial charge >= 0.3 is 11.9 Å². The molecule has 2 saturated carbocycles. The largest absolute Gasteiger partial charge is 0.462 e. The maximum atomic E-state index is 12.6. The number of unbranched alkanes of at least 4 members (excludes halogenated alkanes) is 2. The predicted molar refractivity (Wildman–Crippen MR) is 161 cm³/mol. The van der Waals surface area contributed by atoms with E-state index < -0.39 is 23.3 Å². The van der Waals surface area contributed by atoms with Crippen molar-refractivity contribution in [3.05, 3.63) is 24.3 Å². The Morgan fingerprint density at radius 3 is 1.80 bits per heavy atom. The lowest BCUT2D eigenvalue weighted by Crippen LogP contribution is -2.33. The molecule has 0 aromatic heterocycles. The summed E-state index contributed by atoms with van der Waals surface area (Å²) >= 11 is 0. The second-order valence-corrected chi connectivity index (χ2v) is 13.4. The van der Waals surface area contributed by atoms with Gasteiger partial charge in [0.1, 0.15) is 13.2 Å². The van der Waals surface area contributed by atoms with E-state index in [0.717, 1.165) is 30.6 Å². The van der Waals surface area contributed by atoms with Crippen molar-refractivity contribution in [3.8, 4) is 0 Å². The van der Waals surface area contributed by atoms with Crippen LogP contribution in [0, 0.1) is 35.0 Å². The van der Waals surface area contributed by atoms with Crippen LogP contribution in [0.5, 0.6) is 0 Å². The van der Waals surface area contributed by atoms with Crippen LogP contribution in [0.1, 0.15) is 117 Å². The number of hydrogen-bond donors (Lipinski definition) is 2. The lowest BCUT2D eigenvalue weighted by atomic mass is 9.67. The summed E-state index contributed by atoms with van der Waals surface area (Å²) in [5.41, 5.74) is 0.0595. The molecule has 0 heterocycles. The second-order valence-electron chi connectivity index (χ2n) is 13.4. The van der Waals surface area contributed by atoms with Gasteiger partial charge in [0, 0.05) is 35.7 Å². The zero-order chi connectivity index (χ0) is 29.5. The van der Waals surface area contributed by atoms with Gasteiger partial charge in [-0.15, -0.1) is 0 Å². The molecular weight excluding hydrogens is 504 g/mol. The van der Waals surface area contributed by atoms with Gasteiger partial charge in [-0.05, 0) is 75.5 Å². The van der Waals surface area contributed by atoms with Gasteiger partial charge in [-0.1, -0.05) is 78.4 Å². The Bertz CT molecular complexity index is 786. The first kappa shape index (κ1) is 34.5. The molecule has 2 rings (SSSR count). The van der Waals surface area contributed by atoms with E-state index >= 15 is 0 Å². The second kappa shape index (κ2) is 18.0. The highest BCUT2D eigenvalue weighted by Crippen LogP contribution is 2.44. The summed E-state index contributed by atoms with van der Waals surface area (Å²) in [4.78, 5) is 24.7. The Morgan fingerprint density at radius 1 is 0.825 bits per heavy atom. The van der Waals surface area contributed by atoms with E-state index in [-0.39, 0.29) is 38.4 Å². The number of rotatable bonds is 18. The minimum absolute atomic E-state index is 0.119. The molecule has 2 N–H and O–H groups in total. The monoisotopic (exact) mass is 562 g/mol. The third-order valence-electron chi connectivity index (χ3n) is 9.61. The minimum Gasteiger partial charge on any atom is -0.462 e. The van der Waals surface area contributed by atoms with Gasteiger partial charge in [0.25, 0.3) is 0 Å². The Labute approximate surface area is 244 Å². The van der Waals surface area contributed by atoms with E-state index in [0.29, 0.717) is 11.5 Å². The minimum atomic E-state index is -0.537. The number of carbonyl (C=O) groups is 2. The summed E-state index contributed by atoms with van der Waals surface area (Å²) < 4.78 is 11.1. The Balaban J connectivity index is 1.83. The molecule has 2 aliphatic carbocycles. The highest BCUT2D eigenvalue weighted by Gasteiger charge is 2.34. The van der Waals surface area contributed by atoms with Crippen molar-refractivity contribution >= 4 is 11.9 Å². The van der Waals surface area contributed by atoms with Crippen molar-refractivity contribution in [2.24, 2.45) is 35.0 Å². The Kier molecular flexibility index (Phi) is 15.5. The highest BCUT2D eigenvalue weighted by molar-refractivity contribution is 5.88. The summed E-state index contributed by atoms with van der Waals surface area (Å²) in [6.07, 6.45) is 18.4. The van der Waals surface area contributed by atoms with Crippen molar-refractivity contribution in [3.63, 3.8) is 0 Å². The Hall–Kier alpha value is -1.66. The summed E-state index contributed by atoms with van der Waals surface area (Å²) in [6, 6.07) is 0. The third kappa shape index (κ3) is 12.1. The van der Waals surface area contributed by atoms with E-state index in [9.17, 15) is 19.8 Å². The number of aliphatic hydroxyl groups is 2. The quantitative estimate of drug-likeness (QED) is 0.104. The van der Waals surface area contributed by atoms with E-state index in [1.165, 1.54) is 77.0 Å². The van der Waals surface area contributed by atoms with E-state index in [2.05, 4.69) is 20.1 Å². The van der Waals surface area contributed by atoms with Crippen LogP contribution >= 0.6 is 0 Å².